The van der Waals surface area contributed by atoms with Gasteiger partial charge in [0.2, 0.25) is 0 Å². The lowest BCUT2D eigenvalue weighted by Crippen LogP contribution is -2.27. The Morgan fingerprint density at radius 1 is 1.30 bits per heavy atom. The van der Waals surface area contributed by atoms with Crippen LogP contribution in [-0.4, -0.2) is 23.1 Å². The van der Waals surface area contributed by atoms with Gasteiger partial charge < -0.3 is 20.4 Å². The second-order valence-electron chi connectivity index (χ2n) is 4.36. The molecule has 20 heavy (non-hydrogen) atoms. The Labute approximate surface area is 118 Å². The van der Waals surface area contributed by atoms with Crippen LogP contribution in [0.3, 0.4) is 0 Å². The van der Waals surface area contributed by atoms with Crippen LogP contribution < -0.4 is 10.6 Å². The summed E-state index contributed by atoms with van der Waals surface area (Å²) in [4.78, 5) is 7.73. The predicted molar refractivity (Wildman–Crippen MR) is 80.8 cm³/mol. The largest absolute Gasteiger partial charge is 0.497 e. The minimum absolute atomic E-state index is 0.541. The standard InChI is InChI=1S/C15H20N4O/c1-4-20-11(2)9-16-12(3)17-10-15-18-13-7-5-6-8-14(13)19-15/h5-8,16-17H,2-4,9-10H2,1H3,(H,18,19). The van der Waals surface area contributed by atoms with E-state index < -0.39 is 0 Å². The number of H-pyrrole nitrogens is 1. The van der Waals surface area contributed by atoms with Crippen molar-refractivity contribution in [1.82, 2.24) is 20.6 Å². The highest BCUT2D eigenvalue weighted by Gasteiger charge is 2.02. The number of rotatable bonds is 8. The normalized spacial score (nSPS) is 10.2. The van der Waals surface area contributed by atoms with Gasteiger partial charge in [0.25, 0.3) is 0 Å². The van der Waals surface area contributed by atoms with Gasteiger partial charge in [-0.1, -0.05) is 25.3 Å². The third-order valence-electron chi connectivity index (χ3n) is 2.76. The second kappa shape index (κ2) is 6.65. The third-order valence-corrected chi connectivity index (χ3v) is 2.76. The summed E-state index contributed by atoms with van der Waals surface area (Å²) in [5.74, 6) is 2.28. The van der Waals surface area contributed by atoms with Gasteiger partial charge in [-0.25, -0.2) is 4.98 Å². The molecule has 0 aliphatic rings. The van der Waals surface area contributed by atoms with Crippen LogP contribution in [0, 0.1) is 0 Å². The molecule has 0 amide bonds. The molecule has 0 saturated carbocycles. The maximum atomic E-state index is 5.25. The highest BCUT2D eigenvalue weighted by molar-refractivity contribution is 5.74. The zero-order valence-electron chi connectivity index (χ0n) is 11.7. The number of nitrogens with zero attached hydrogens (tertiary/aromatic N) is 1. The van der Waals surface area contributed by atoms with Gasteiger partial charge in [0.1, 0.15) is 11.6 Å². The van der Waals surface area contributed by atoms with Crippen LogP contribution in [0.5, 0.6) is 0 Å². The van der Waals surface area contributed by atoms with E-state index in [1.165, 1.54) is 0 Å². The van der Waals surface area contributed by atoms with Crippen LogP contribution in [0.15, 0.2) is 49.0 Å². The fourth-order valence-electron chi connectivity index (χ4n) is 1.80. The van der Waals surface area contributed by atoms with E-state index in [9.17, 15) is 0 Å². The summed E-state index contributed by atoms with van der Waals surface area (Å²) in [6.07, 6.45) is 0. The molecule has 1 aromatic carbocycles. The molecule has 106 valence electrons. The Morgan fingerprint density at radius 3 is 2.85 bits per heavy atom. The van der Waals surface area contributed by atoms with Gasteiger partial charge >= 0.3 is 0 Å². The lowest BCUT2D eigenvalue weighted by atomic mass is 10.3. The van der Waals surface area contributed by atoms with E-state index >= 15 is 0 Å². The van der Waals surface area contributed by atoms with Gasteiger partial charge in [-0.15, -0.1) is 0 Å². The van der Waals surface area contributed by atoms with Crippen molar-refractivity contribution in [3.05, 3.63) is 54.8 Å². The summed E-state index contributed by atoms with van der Waals surface area (Å²) in [5, 5.41) is 6.26. The summed E-state index contributed by atoms with van der Waals surface area (Å²) in [5.41, 5.74) is 2.00. The molecule has 5 heteroatoms. The van der Waals surface area contributed by atoms with Crippen molar-refractivity contribution >= 4 is 11.0 Å². The van der Waals surface area contributed by atoms with Crippen LogP contribution >= 0.6 is 0 Å². The summed E-state index contributed by atoms with van der Waals surface area (Å²) in [6, 6.07) is 7.94. The Bertz CT molecular complexity index is 570. The molecule has 2 rings (SSSR count). The van der Waals surface area contributed by atoms with Crippen LogP contribution in [-0.2, 0) is 11.3 Å². The predicted octanol–water partition coefficient (Wildman–Crippen LogP) is 2.26. The van der Waals surface area contributed by atoms with Crippen molar-refractivity contribution in [3.63, 3.8) is 0 Å². The van der Waals surface area contributed by atoms with Crippen LogP contribution in [0.25, 0.3) is 11.0 Å². The van der Waals surface area contributed by atoms with Gasteiger partial charge in [-0.3, -0.25) is 0 Å². The van der Waals surface area contributed by atoms with Crippen LogP contribution in [0.4, 0.5) is 0 Å². The maximum Gasteiger partial charge on any atom is 0.126 e. The molecular formula is C15H20N4O. The van der Waals surface area contributed by atoms with Crippen LogP contribution in [0.1, 0.15) is 12.7 Å². The van der Waals surface area contributed by atoms with Crippen molar-refractivity contribution < 1.29 is 4.74 Å². The first-order valence-electron chi connectivity index (χ1n) is 6.60. The van der Waals surface area contributed by atoms with E-state index in [4.69, 9.17) is 4.74 Å². The van der Waals surface area contributed by atoms with E-state index in [-0.39, 0.29) is 0 Å². The first-order chi connectivity index (χ1) is 9.69. The third kappa shape index (κ3) is 3.78. The van der Waals surface area contributed by atoms with Gasteiger partial charge in [0, 0.05) is 0 Å². The number of hydrogen-bond donors (Lipinski definition) is 3. The highest BCUT2D eigenvalue weighted by Crippen LogP contribution is 2.09. The summed E-state index contributed by atoms with van der Waals surface area (Å²) < 4.78 is 5.25. The van der Waals surface area contributed by atoms with Gasteiger partial charge in [0.05, 0.1) is 36.6 Å². The Kier molecular flexibility index (Phi) is 4.65. The van der Waals surface area contributed by atoms with E-state index in [0.29, 0.717) is 31.3 Å². The molecule has 1 aromatic heterocycles. The maximum absolute atomic E-state index is 5.25. The molecule has 2 aromatic rings. The molecular weight excluding hydrogens is 252 g/mol. The minimum atomic E-state index is 0.541. The first-order valence-corrected chi connectivity index (χ1v) is 6.60. The molecule has 0 bridgehead atoms. The van der Waals surface area contributed by atoms with E-state index in [1.54, 1.807) is 0 Å². The number of benzene rings is 1. The fraction of sp³-hybridized carbons (Fsp3) is 0.267. The zero-order chi connectivity index (χ0) is 14.4. The molecule has 1 heterocycles. The number of fused-ring (bicyclic) bond motifs is 1. The van der Waals surface area contributed by atoms with Crippen LogP contribution in [0.2, 0.25) is 0 Å². The lowest BCUT2D eigenvalue weighted by Gasteiger charge is -2.12. The second-order valence-corrected chi connectivity index (χ2v) is 4.36. The molecule has 0 unspecified atom stereocenters. The van der Waals surface area contributed by atoms with E-state index in [0.717, 1.165) is 16.9 Å². The van der Waals surface area contributed by atoms with E-state index in [1.807, 2.05) is 31.2 Å². The number of imidazole rings is 1. The molecule has 0 aliphatic carbocycles. The molecule has 0 atom stereocenters. The molecule has 0 spiro atoms. The van der Waals surface area contributed by atoms with Crippen molar-refractivity contribution in [3.8, 4) is 0 Å². The Balaban J connectivity index is 1.79. The average molecular weight is 272 g/mol. The van der Waals surface area contributed by atoms with E-state index in [2.05, 4.69) is 33.8 Å². The Hall–Kier alpha value is -2.43. The number of aromatic amines is 1. The van der Waals surface area contributed by atoms with Crippen molar-refractivity contribution in [2.75, 3.05) is 13.2 Å². The van der Waals surface area contributed by atoms with Gasteiger partial charge in [0.15, 0.2) is 0 Å². The summed E-state index contributed by atoms with van der Waals surface area (Å²) in [6.45, 7) is 11.4. The summed E-state index contributed by atoms with van der Waals surface area (Å²) >= 11 is 0. The molecule has 5 nitrogen and oxygen atoms in total. The minimum Gasteiger partial charge on any atom is -0.497 e. The Morgan fingerprint density at radius 2 is 2.10 bits per heavy atom. The zero-order valence-corrected chi connectivity index (χ0v) is 11.7. The number of para-hydroxylation sites is 2. The SMILES string of the molecule is C=C(NCC(=C)OCC)NCc1nc2ccccc2[nH]1. The van der Waals surface area contributed by atoms with Gasteiger partial charge in [-0.2, -0.15) is 0 Å². The highest BCUT2D eigenvalue weighted by atomic mass is 16.5. The average Bonchev–Trinajstić information content (AvgIpc) is 2.86. The molecule has 0 fully saturated rings. The molecule has 0 radical (unpaired) electrons. The monoisotopic (exact) mass is 272 g/mol. The molecule has 0 aliphatic heterocycles. The molecule has 3 N–H and O–H groups in total. The quantitative estimate of drug-likeness (QED) is 0.645. The van der Waals surface area contributed by atoms with Crippen molar-refractivity contribution in [2.24, 2.45) is 0 Å². The topological polar surface area (TPSA) is 62.0 Å². The summed E-state index contributed by atoms with van der Waals surface area (Å²) in [7, 11) is 0. The lowest BCUT2D eigenvalue weighted by molar-refractivity contribution is 0.224. The van der Waals surface area contributed by atoms with Gasteiger partial charge in [-0.05, 0) is 19.1 Å². The number of nitrogens with one attached hydrogen (secondary N) is 3. The smallest absolute Gasteiger partial charge is 0.126 e. The number of hydrogen-bond acceptors (Lipinski definition) is 4. The van der Waals surface area contributed by atoms with Crippen molar-refractivity contribution in [2.45, 2.75) is 13.5 Å². The molecule has 0 saturated heterocycles. The number of aromatic nitrogens is 2. The first kappa shape index (κ1) is 14.0. The number of ether oxygens (including phenoxy) is 1. The fourth-order valence-corrected chi connectivity index (χ4v) is 1.80. The van der Waals surface area contributed by atoms with Crippen molar-refractivity contribution in [1.29, 1.82) is 0 Å².